The average molecular weight is 264 g/mol. The van der Waals surface area contributed by atoms with Gasteiger partial charge >= 0.3 is 0 Å². The normalized spacial score (nSPS) is 14.5. The number of carbonyl (C=O) groups is 1. The Morgan fingerprint density at radius 2 is 2.28 bits per heavy atom. The smallest absolute Gasteiger partial charge is 0.253 e. The van der Waals surface area contributed by atoms with Gasteiger partial charge in [0.25, 0.3) is 5.91 Å². The molecule has 18 heavy (non-hydrogen) atoms. The number of benzene rings is 1. The van der Waals surface area contributed by atoms with Crippen molar-refractivity contribution in [2.24, 2.45) is 0 Å². The SMILES string of the molecule is O=C(NC1CC1)c1cc(-n2cnnn2)ccc1Cl. The van der Waals surface area contributed by atoms with Gasteiger partial charge in [0.2, 0.25) is 0 Å². The lowest BCUT2D eigenvalue weighted by atomic mass is 10.2. The van der Waals surface area contributed by atoms with E-state index < -0.39 is 0 Å². The number of amides is 1. The molecule has 0 spiro atoms. The number of aromatic nitrogens is 4. The molecule has 0 saturated heterocycles. The van der Waals surface area contributed by atoms with E-state index in [1.54, 1.807) is 18.2 Å². The van der Waals surface area contributed by atoms with Gasteiger partial charge in [0.15, 0.2) is 0 Å². The van der Waals surface area contributed by atoms with E-state index in [1.807, 2.05) is 0 Å². The fraction of sp³-hybridized carbons (Fsp3) is 0.273. The first-order valence-electron chi connectivity index (χ1n) is 5.58. The van der Waals surface area contributed by atoms with Crippen LogP contribution in [0.25, 0.3) is 5.69 Å². The highest BCUT2D eigenvalue weighted by molar-refractivity contribution is 6.33. The molecule has 0 radical (unpaired) electrons. The van der Waals surface area contributed by atoms with Crippen LogP contribution in [0.15, 0.2) is 24.5 Å². The molecule has 92 valence electrons. The highest BCUT2D eigenvalue weighted by Crippen LogP contribution is 2.23. The van der Waals surface area contributed by atoms with Crippen molar-refractivity contribution < 1.29 is 4.79 Å². The average Bonchev–Trinajstić information content (AvgIpc) is 3.01. The summed E-state index contributed by atoms with van der Waals surface area (Å²) in [4.78, 5) is 12.0. The lowest BCUT2D eigenvalue weighted by Crippen LogP contribution is -2.25. The van der Waals surface area contributed by atoms with E-state index in [-0.39, 0.29) is 5.91 Å². The molecule has 7 heteroatoms. The summed E-state index contributed by atoms with van der Waals surface area (Å²) in [5, 5.41) is 14.2. The molecule has 1 N–H and O–H groups in total. The highest BCUT2D eigenvalue weighted by atomic mass is 35.5. The Balaban J connectivity index is 1.92. The molecule has 6 nitrogen and oxygen atoms in total. The van der Waals surface area contributed by atoms with Gasteiger partial charge in [0.05, 0.1) is 16.3 Å². The molecule has 0 unspecified atom stereocenters. The topological polar surface area (TPSA) is 72.7 Å². The van der Waals surface area contributed by atoms with Crippen LogP contribution in [0, 0.1) is 0 Å². The van der Waals surface area contributed by atoms with Gasteiger partial charge in [0.1, 0.15) is 6.33 Å². The van der Waals surface area contributed by atoms with Gasteiger partial charge in [0, 0.05) is 6.04 Å². The number of rotatable bonds is 3. The summed E-state index contributed by atoms with van der Waals surface area (Å²) in [6.45, 7) is 0. The van der Waals surface area contributed by atoms with Gasteiger partial charge in [-0.15, -0.1) is 5.10 Å². The van der Waals surface area contributed by atoms with Gasteiger partial charge < -0.3 is 5.32 Å². The zero-order valence-corrected chi connectivity index (χ0v) is 10.1. The van der Waals surface area contributed by atoms with Crippen LogP contribution >= 0.6 is 11.6 Å². The molecule has 0 atom stereocenters. The predicted molar refractivity (Wildman–Crippen MR) is 64.7 cm³/mol. The van der Waals surface area contributed by atoms with Crippen LogP contribution in [0.1, 0.15) is 23.2 Å². The molecule has 2 aromatic rings. The second-order valence-electron chi connectivity index (χ2n) is 4.17. The van der Waals surface area contributed by atoms with Crippen molar-refractivity contribution in [3.8, 4) is 5.69 Å². The first-order chi connectivity index (χ1) is 8.74. The summed E-state index contributed by atoms with van der Waals surface area (Å²) in [5.41, 5.74) is 1.14. The van der Waals surface area contributed by atoms with Crippen molar-refractivity contribution in [3.05, 3.63) is 35.1 Å². The summed E-state index contributed by atoms with van der Waals surface area (Å²) >= 11 is 6.03. The molecular formula is C11H10ClN5O. The number of nitrogens with zero attached hydrogens (tertiary/aromatic N) is 4. The highest BCUT2D eigenvalue weighted by Gasteiger charge is 2.24. The molecular weight excluding hydrogens is 254 g/mol. The number of nitrogens with one attached hydrogen (secondary N) is 1. The number of carbonyl (C=O) groups excluding carboxylic acids is 1. The zero-order valence-electron chi connectivity index (χ0n) is 9.38. The van der Waals surface area contributed by atoms with E-state index in [4.69, 9.17) is 11.6 Å². The van der Waals surface area contributed by atoms with Crippen molar-refractivity contribution in [1.29, 1.82) is 0 Å². The van der Waals surface area contributed by atoms with Crippen LogP contribution in [-0.2, 0) is 0 Å². The molecule has 1 heterocycles. The Labute approximate surface area is 108 Å². The van der Waals surface area contributed by atoms with Crippen LogP contribution in [0.4, 0.5) is 0 Å². The Kier molecular flexibility index (Phi) is 2.71. The first-order valence-corrected chi connectivity index (χ1v) is 5.95. The standard InChI is InChI=1S/C11H10ClN5O/c12-10-4-3-8(17-6-13-15-16-17)5-9(10)11(18)14-7-1-2-7/h3-7H,1-2H2,(H,14,18). The van der Waals surface area contributed by atoms with E-state index >= 15 is 0 Å². The minimum Gasteiger partial charge on any atom is -0.349 e. The summed E-state index contributed by atoms with van der Waals surface area (Å²) in [6, 6.07) is 5.40. The van der Waals surface area contributed by atoms with Crippen LogP contribution in [0.5, 0.6) is 0 Å². The molecule has 1 saturated carbocycles. The quantitative estimate of drug-likeness (QED) is 0.903. The van der Waals surface area contributed by atoms with Gasteiger partial charge in [-0.3, -0.25) is 4.79 Å². The maximum atomic E-state index is 12.0. The second kappa shape index (κ2) is 4.38. The number of hydrogen-bond acceptors (Lipinski definition) is 4. The van der Waals surface area contributed by atoms with Crippen LogP contribution in [-0.4, -0.2) is 32.2 Å². The molecule has 1 aliphatic rings. The van der Waals surface area contributed by atoms with E-state index in [0.717, 1.165) is 12.8 Å². The minimum atomic E-state index is -0.155. The van der Waals surface area contributed by atoms with E-state index in [2.05, 4.69) is 20.8 Å². The van der Waals surface area contributed by atoms with Crippen molar-refractivity contribution in [2.75, 3.05) is 0 Å². The lowest BCUT2D eigenvalue weighted by molar-refractivity contribution is 0.0951. The van der Waals surface area contributed by atoms with Crippen molar-refractivity contribution >= 4 is 17.5 Å². The van der Waals surface area contributed by atoms with Crippen molar-refractivity contribution in [2.45, 2.75) is 18.9 Å². The van der Waals surface area contributed by atoms with E-state index in [0.29, 0.717) is 22.3 Å². The maximum absolute atomic E-state index is 12.0. The summed E-state index contributed by atoms with van der Waals surface area (Å²) in [5.74, 6) is -0.155. The Morgan fingerprint density at radius 3 is 2.94 bits per heavy atom. The number of tetrazole rings is 1. The molecule has 1 amide bonds. The van der Waals surface area contributed by atoms with E-state index in [1.165, 1.54) is 11.0 Å². The fourth-order valence-corrected chi connectivity index (χ4v) is 1.80. The van der Waals surface area contributed by atoms with Gasteiger partial charge in [-0.1, -0.05) is 11.6 Å². The first kappa shape index (κ1) is 11.2. The Morgan fingerprint density at radius 1 is 1.44 bits per heavy atom. The summed E-state index contributed by atoms with van der Waals surface area (Å²) < 4.78 is 1.48. The second-order valence-corrected chi connectivity index (χ2v) is 4.57. The minimum absolute atomic E-state index is 0.155. The Bertz CT molecular complexity index is 579. The number of hydrogen-bond donors (Lipinski definition) is 1. The van der Waals surface area contributed by atoms with Crippen LogP contribution < -0.4 is 5.32 Å². The molecule has 0 aliphatic heterocycles. The Hall–Kier alpha value is -1.95. The van der Waals surface area contributed by atoms with Gasteiger partial charge in [-0.05, 0) is 41.5 Å². The zero-order chi connectivity index (χ0) is 12.5. The maximum Gasteiger partial charge on any atom is 0.253 e. The fourth-order valence-electron chi connectivity index (χ4n) is 1.60. The predicted octanol–water partition coefficient (Wildman–Crippen LogP) is 1.21. The van der Waals surface area contributed by atoms with Crippen molar-refractivity contribution in [1.82, 2.24) is 25.5 Å². The monoisotopic (exact) mass is 263 g/mol. The third kappa shape index (κ3) is 2.19. The largest absolute Gasteiger partial charge is 0.349 e. The van der Waals surface area contributed by atoms with Crippen LogP contribution in [0.2, 0.25) is 5.02 Å². The van der Waals surface area contributed by atoms with E-state index in [9.17, 15) is 4.79 Å². The summed E-state index contributed by atoms with van der Waals surface area (Å²) in [7, 11) is 0. The lowest BCUT2D eigenvalue weighted by Gasteiger charge is -2.07. The molecule has 1 aromatic carbocycles. The molecule has 3 rings (SSSR count). The molecule has 1 aromatic heterocycles. The third-order valence-corrected chi connectivity index (χ3v) is 3.05. The van der Waals surface area contributed by atoms with Crippen LogP contribution in [0.3, 0.4) is 0 Å². The van der Waals surface area contributed by atoms with Gasteiger partial charge in [-0.25, -0.2) is 4.68 Å². The third-order valence-electron chi connectivity index (χ3n) is 2.72. The molecule has 1 fully saturated rings. The van der Waals surface area contributed by atoms with Crippen molar-refractivity contribution in [3.63, 3.8) is 0 Å². The van der Waals surface area contributed by atoms with Gasteiger partial charge in [-0.2, -0.15) is 0 Å². The molecule has 0 bridgehead atoms. The summed E-state index contributed by atoms with van der Waals surface area (Å²) in [6.07, 6.45) is 3.54. The number of halogens is 1. The molecule has 1 aliphatic carbocycles.